The van der Waals surface area contributed by atoms with Crippen LogP contribution in [0, 0.1) is 18.6 Å². The van der Waals surface area contributed by atoms with E-state index in [1.54, 1.807) is 30.0 Å². The molecule has 1 atom stereocenters. The second kappa shape index (κ2) is 9.79. The van der Waals surface area contributed by atoms with Crippen LogP contribution in [0.2, 0.25) is 0 Å². The molecule has 0 aliphatic heterocycles. The van der Waals surface area contributed by atoms with Crippen molar-refractivity contribution < 1.29 is 13.5 Å². The molecule has 2 aromatic heterocycles. The Morgan fingerprint density at radius 2 is 1.97 bits per heavy atom. The molecule has 0 spiro atoms. The van der Waals surface area contributed by atoms with Gasteiger partial charge in [0.1, 0.15) is 10.8 Å². The predicted octanol–water partition coefficient (Wildman–Crippen LogP) is 6.44. The van der Waals surface area contributed by atoms with Crippen LogP contribution in [0.3, 0.4) is 0 Å². The summed E-state index contributed by atoms with van der Waals surface area (Å²) in [5.41, 5.74) is 3.32. The van der Waals surface area contributed by atoms with E-state index in [2.05, 4.69) is 34.6 Å². The summed E-state index contributed by atoms with van der Waals surface area (Å²) in [6, 6.07) is 11.4. The molecular formula is C23H22F2N4OS2. The minimum Gasteiger partial charge on any atom is -0.480 e. The maximum atomic E-state index is 14.0. The second-order valence-electron chi connectivity index (χ2n) is 7.17. The molecule has 0 saturated carbocycles. The van der Waals surface area contributed by atoms with E-state index in [-0.39, 0.29) is 5.75 Å². The van der Waals surface area contributed by atoms with Crippen LogP contribution < -0.4 is 4.74 Å². The number of halogens is 2. The van der Waals surface area contributed by atoms with Gasteiger partial charge >= 0.3 is 0 Å². The predicted molar refractivity (Wildman–Crippen MR) is 123 cm³/mol. The van der Waals surface area contributed by atoms with E-state index >= 15 is 0 Å². The van der Waals surface area contributed by atoms with E-state index in [9.17, 15) is 8.78 Å². The number of benzene rings is 2. The highest BCUT2D eigenvalue weighted by molar-refractivity contribution is 7.98. The molecule has 5 nitrogen and oxygen atoms in total. The van der Waals surface area contributed by atoms with Crippen molar-refractivity contribution in [2.75, 3.05) is 0 Å². The van der Waals surface area contributed by atoms with Crippen molar-refractivity contribution >= 4 is 23.1 Å². The van der Waals surface area contributed by atoms with E-state index in [0.29, 0.717) is 18.1 Å². The molecular weight excluding hydrogens is 450 g/mol. The Morgan fingerprint density at radius 3 is 2.72 bits per heavy atom. The second-order valence-corrected chi connectivity index (χ2v) is 8.97. The van der Waals surface area contributed by atoms with Gasteiger partial charge in [0.25, 0.3) is 0 Å². The lowest BCUT2D eigenvalue weighted by Gasteiger charge is -2.16. The molecule has 0 aliphatic rings. The fraction of sp³-hybridized carbons (Fsp3) is 0.261. The van der Waals surface area contributed by atoms with Gasteiger partial charge < -0.3 is 9.30 Å². The third-order valence-corrected chi connectivity index (χ3v) is 6.82. The smallest absolute Gasteiger partial charge is 0.191 e. The van der Waals surface area contributed by atoms with Gasteiger partial charge in [-0.1, -0.05) is 36.0 Å². The average molecular weight is 473 g/mol. The van der Waals surface area contributed by atoms with E-state index < -0.39 is 17.7 Å². The number of hydrogen-bond donors (Lipinski definition) is 0. The number of aromatic nitrogens is 4. The summed E-state index contributed by atoms with van der Waals surface area (Å²) in [6.45, 7) is 6.47. The highest BCUT2D eigenvalue weighted by atomic mass is 32.2. The fourth-order valence-corrected chi connectivity index (χ4v) is 5.18. The minimum absolute atomic E-state index is 0.0232. The molecule has 0 amide bonds. The zero-order chi connectivity index (χ0) is 22.7. The van der Waals surface area contributed by atoms with Crippen molar-refractivity contribution in [2.24, 2.45) is 0 Å². The molecule has 9 heteroatoms. The normalized spacial score (nSPS) is 12.2. The van der Waals surface area contributed by atoms with E-state index in [1.807, 2.05) is 23.6 Å². The fourth-order valence-electron chi connectivity index (χ4n) is 3.27. The van der Waals surface area contributed by atoms with Crippen LogP contribution in [0.25, 0.3) is 10.6 Å². The van der Waals surface area contributed by atoms with Crippen LogP contribution in [0.1, 0.15) is 37.0 Å². The van der Waals surface area contributed by atoms with Gasteiger partial charge in [-0.2, -0.15) is 0 Å². The molecule has 2 heterocycles. The monoisotopic (exact) mass is 472 g/mol. The minimum atomic E-state index is -0.748. The first-order valence-corrected chi connectivity index (χ1v) is 12.0. The molecule has 0 radical (unpaired) electrons. The topological polar surface area (TPSA) is 52.8 Å². The largest absolute Gasteiger partial charge is 0.480 e. The molecule has 166 valence electrons. The third kappa shape index (κ3) is 4.83. The van der Waals surface area contributed by atoms with Crippen molar-refractivity contribution in [1.29, 1.82) is 0 Å². The maximum absolute atomic E-state index is 14.0. The van der Waals surface area contributed by atoms with Crippen molar-refractivity contribution in [3.63, 3.8) is 0 Å². The highest BCUT2D eigenvalue weighted by Gasteiger charge is 2.20. The molecule has 0 fully saturated rings. The first kappa shape index (κ1) is 22.4. The zero-order valence-corrected chi connectivity index (χ0v) is 19.5. The molecule has 4 aromatic rings. The van der Waals surface area contributed by atoms with E-state index in [0.717, 1.165) is 33.6 Å². The Kier molecular flexibility index (Phi) is 6.86. The summed E-state index contributed by atoms with van der Waals surface area (Å²) in [5, 5.41) is 12.4. The number of thioether (sulfide) groups is 1. The van der Waals surface area contributed by atoms with Crippen molar-refractivity contribution in [3.8, 4) is 16.3 Å². The van der Waals surface area contributed by atoms with Crippen LogP contribution in [0.15, 0.2) is 53.0 Å². The van der Waals surface area contributed by atoms with E-state index in [4.69, 9.17) is 9.72 Å². The summed E-state index contributed by atoms with van der Waals surface area (Å²) in [4.78, 5) is 4.77. The van der Waals surface area contributed by atoms with E-state index in [1.165, 1.54) is 11.6 Å². The Bertz CT molecular complexity index is 1220. The highest BCUT2D eigenvalue weighted by Crippen LogP contribution is 2.31. The maximum Gasteiger partial charge on any atom is 0.191 e. The van der Waals surface area contributed by atoms with Crippen LogP contribution in [-0.4, -0.2) is 19.7 Å². The molecule has 0 saturated heterocycles. The van der Waals surface area contributed by atoms with Gasteiger partial charge in [-0.15, -0.1) is 21.5 Å². The summed E-state index contributed by atoms with van der Waals surface area (Å²) >= 11 is 3.17. The van der Waals surface area contributed by atoms with Crippen LogP contribution in [0.4, 0.5) is 8.78 Å². The first-order valence-electron chi connectivity index (χ1n) is 10.1. The van der Waals surface area contributed by atoms with Crippen LogP contribution in [-0.2, 0) is 12.3 Å². The van der Waals surface area contributed by atoms with Crippen LogP contribution in [0.5, 0.6) is 5.75 Å². The average Bonchev–Trinajstić information content (AvgIpc) is 3.41. The van der Waals surface area contributed by atoms with Crippen LogP contribution >= 0.6 is 23.1 Å². The quantitative estimate of drug-likeness (QED) is 0.276. The van der Waals surface area contributed by atoms with Gasteiger partial charge in [-0.05, 0) is 38.5 Å². The summed E-state index contributed by atoms with van der Waals surface area (Å²) < 4.78 is 34.7. The molecule has 4 rings (SSSR count). The van der Waals surface area contributed by atoms with Gasteiger partial charge in [0.05, 0.1) is 5.69 Å². The third-order valence-electron chi connectivity index (χ3n) is 4.90. The van der Waals surface area contributed by atoms with Gasteiger partial charge in [0, 0.05) is 29.3 Å². The Labute approximate surface area is 193 Å². The lowest BCUT2D eigenvalue weighted by molar-refractivity contribution is 0.200. The van der Waals surface area contributed by atoms with Gasteiger partial charge in [0.2, 0.25) is 0 Å². The lowest BCUT2D eigenvalue weighted by atomic mass is 10.1. The molecule has 0 bridgehead atoms. The summed E-state index contributed by atoms with van der Waals surface area (Å²) in [5.74, 6) is -0.183. The van der Waals surface area contributed by atoms with Gasteiger partial charge in [-0.25, -0.2) is 13.8 Å². The molecule has 0 aliphatic carbocycles. The number of nitrogens with zero attached hydrogens (tertiary/aromatic N) is 4. The summed E-state index contributed by atoms with van der Waals surface area (Å²) in [6.07, 6.45) is -0.552. The Balaban J connectivity index is 1.46. The number of ether oxygens (including phenoxy) is 1. The SMILES string of the molecule is CCn1c(SCc2csc(-c3ccccc3C)n2)nnc1C(C)Oc1ccc(F)cc1F. The first-order chi connectivity index (χ1) is 15.5. The van der Waals surface area contributed by atoms with Gasteiger partial charge in [0.15, 0.2) is 28.7 Å². The Morgan fingerprint density at radius 1 is 1.16 bits per heavy atom. The van der Waals surface area contributed by atoms with Crippen molar-refractivity contribution in [3.05, 3.63) is 76.6 Å². The number of hydrogen-bond acceptors (Lipinski definition) is 6. The molecule has 2 aromatic carbocycles. The van der Waals surface area contributed by atoms with Gasteiger partial charge in [-0.3, -0.25) is 0 Å². The lowest BCUT2D eigenvalue weighted by Crippen LogP contribution is -2.12. The van der Waals surface area contributed by atoms with Crippen molar-refractivity contribution in [1.82, 2.24) is 19.7 Å². The molecule has 1 unspecified atom stereocenters. The number of rotatable bonds is 8. The zero-order valence-electron chi connectivity index (χ0n) is 17.9. The number of thiazole rings is 1. The molecule has 32 heavy (non-hydrogen) atoms. The number of aryl methyl sites for hydroxylation is 1. The summed E-state index contributed by atoms with van der Waals surface area (Å²) in [7, 11) is 0. The Hall–Kier alpha value is -2.78. The molecule has 0 N–H and O–H groups in total. The standard InChI is InChI=1S/C23H22F2N4OS2/c1-4-29-21(15(3)30-20-10-9-16(24)11-19(20)25)27-28-23(29)32-13-17-12-31-22(26-17)18-8-6-5-7-14(18)2/h5-12,15H,4,13H2,1-3H3. The van der Waals surface area contributed by atoms with Crippen molar-refractivity contribution in [2.45, 2.75) is 44.3 Å².